The zero-order chi connectivity index (χ0) is 7.98. The summed E-state index contributed by atoms with van der Waals surface area (Å²) in [5, 5.41) is 11.4. The Balaban J connectivity index is 0.000000371. The van der Waals surface area contributed by atoms with E-state index in [0.717, 1.165) is 12.8 Å². The second kappa shape index (κ2) is 5.25. The van der Waals surface area contributed by atoms with Crippen LogP contribution in [0.5, 0.6) is 0 Å². The summed E-state index contributed by atoms with van der Waals surface area (Å²) in [4.78, 5) is 0. The molecule has 0 aliphatic heterocycles. The lowest BCUT2D eigenvalue weighted by Crippen LogP contribution is -2.38. The topological polar surface area (TPSA) is 35.8 Å². The lowest BCUT2D eigenvalue weighted by atomic mass is 9.82. The summed E-state index contributed by atoms with van der Waals surface area (Å²) in [5.74, 6) is 0.340. The Morgan fingerprint density at radius 3 is 2.20 bits per heavy atom. The van der Waals surface area contributed by atoms with Crippen molar-refractivity contribution in [2.45, 2.75) is 32.7 Å². The lowest BCUT2D eigenvalue weighted by Gasteiger charge is -2.29. The molecule has 0 bridgehead atoms. The van der Waals surface area contributed by atoms with E-state index < -0.39 is 0 Å². The number of hydrogen-bond acceptors (Lipinski definition) is 2. The van der Waals surface area contributed by atoms with E-state index in [2.05, 4.69) is 11.4 Å². The first-order chi connectivity index (χ1) is 4.86. The highest BCUT2D eigenvalue weighted by atomic mass is 14.9. The highest BCUT2D eigenvalue weighted by Crippen LogP contribution is 2.25. The van der Waals surface area contributed by atoms with Crippen LogP contribution < -0.4 is 5.32 Å². The van der Waals surface area contributed by atoms with Crippen LogP contribution in [-0.4, -0.2) is 13.1 Å². The van der Waals surface area contributed by atoms with Crippen LogP contribution in [0, 0.1) is 17.2 Å². The Kier molecular flexibility index (Phi) is 4.96. The van der Waals surface area contributed by atoms with Gasteiger partial charge in [-0.25, -0.2) is 0 Å². The molecule has 1 rings (SSSR count). The van der Waals surface area contributed by atoms with Crippen molar-refractivity contribution in [3.8, 4) is 6.07 Å². The fourth-order valence-electron chi connectivity index (χ4n) is 0.959. The third-order valence-corrected chi connectivity index (χ3v) is 1.73. The normalized spacial score (nSPS) is 29.0. The van der Waals surface area contributed by atoms with Crippen molar-refractivity contribution < 1.29 is 0 Å². The van der Waals surface area contributed by atoms with Gasteiger partial charge in [-0.1, -0.05) is 13.8 Å². The molecule has 0 saturated heterocycles. The van der Waals surface area contributed by atoms with Gasteiger partial charge in [0.15, 0.2) is 0 Å². The number of rotatable bonds is 1. The van der Waals surface area contributed by atoms with Gasteiger partial charge < -0.3 is 5.32 Å². The van der Waals surface area contributed by atoms with Crippen LogP contribution in [-0.2, 0) is 0 Å². The van der Waals surface area contributed by atoms with Gasteiger partial charge in [-0.05, 0) is 19.9 Å². The van der Waals surface area contributed by atoms with E-state index in [0.29, 0.717) is 12.0 Å². The molecule has 0 radical (unpaired) electrons. The van der Waals surface area contributed by atoms with Crippen LogP contribution in [0.3, 0.4) is 0 Å². The standard InChI is InChI=1S/C6H10N2.C2H6/c1-8-6-2-5(3-6)4-7;1-2/h5-6,8H,2-3H2,1H3;1-2H3. The molecule has 1 aliphatic rings. The third kappa shape index (κ3) is 2.36. The zero-order valence-corrected chi connectivity index (χ0v) is 7.02. The second-order valence-electron chi connectivity index (χ2n) is 2.28. The largest absolute Gasteiger partial charge is 0.317 e. The highest BCUT2D eigenvalue weighted by Gasteiger charge is 2.26. The first kappa shape index (κ1) is 9.45. The molecule has 2 heteroatoms. The minimum atomic E-state index is 0.340. The SMILES string of the molecule is CC.CNC1CC(C#N)C1. The highest BCUT2D eigenvalue weighted by molar-refractivity contribution is 4.96. The molecule has 0 aromatic rings. The summed E-state index contributed by atoms with van der Waals surface area (Å²) in [6, 6.07) is 2.85. The molecule has 1 N–H and O–H groups in total. The van der Waals surface area contributed by atoms with Crippen molar-refractivity contribution in [2.24, 2.45) is 5.92 Å². The Labute approximate surface area is 63.2 Å². The van der Waals surface area contributed by atoms with Crippen LogP contribution in [0.2, 0.25) is 0 Å². The average Bonchev–Trinajstić information content (AvgIpc) is 1.91. The average molecular weight is 140 g/mol. The van der Waals surface area contributed by atoms with E-state index >= 15 is 0 Å². The van der Waals surface area contributed by atoms with Crippen molar-refractivity contribution in [1.82, 2.24) is 5.32 Å². The molecule has 58 valence electrons. The maximum atomic E-state index is 8.32. The van der Waals surface area contributed by atoms with E-state index in [1.807, 2.05) is 20.9 Å². The first-order valence-electron chi connectivity index (χ1n) is 3.93. The van der Waals surface area contributed by atoms with Gasteiger partial charge in [-0.2, -0.15) is 5.26 Å². The molecule has 1 fully saturated rings. The van der Waals surface area contributed by atoms with Crippen molar-refractivity contribution in [3.63, 3.8) is 0 Å². The van der Waals surface area contributed by atoms with Gasteiger partial charge in [0.25, 0.3) is 0 Å². The van der Waals surface area contributed by atoms with Gasteiger partial charge in [-0.15, -0.1) is 0 Å². The summed E-state index contributed by atoms with van der Waals surface area (Å²) in [5.41, 5.74) is 0. The van der Waals surface area contributed by atoms with Gasteiger partial charge in [0, 0.05) is 12.0 Å². The minimum absolute atomic E-state index is 0.340. The fourth-order valence-corrected chi connectivity index (χ4v) is 0.959. The van der Waals surface area contributed by atoms with Crippen LogP contribution >= 0.6 is 0 Å². The molecule has 1 saturated carbocycles. The van der Waals surface area contributed by atoms with E-state index in [9.17, 15) is 0 Å². The van der Waals surface area contributed by atoms with Gasteiger partial charge >= 0.3 is 0 Å². The van der Waals surface area contributed by atoms with Crippen molar-refractivity contribution >= 4 is 0 Å². The molecule has 0 aromatic carbocycles. The minimum Gasteiger partial charge on any atom is -0.317 e. The zero-order valence-electron chi connectivity index (χ0n) is 7.02. The molecule has 2 nitrogen and oxygen atoms in total. The summed E-state index contributed by atoms with van der Waals surface area (Å²) in [7, 11) is 1.94. The number of nitriles is 1. The molecule has 0 amide bonds. The number of nitrogens with zero attached hydrogens (tertiary/aromatic N) is 1. The van der Waals surface area contributed by atoms with E-state index in [1.54, 1.807) is 0 Å². The van der Waals surface area contributed by atoms with E-state index in [-0.39, 0.29) is 0 Å². The van der Waals surface area contributed by atoms with Gasteiger partial charge in [-0.3, -0.25) is 0 Å². The fraction of sp³-hybridized carbons (Fsp3) is 0.875. The molecule has 0 unspecified atom stereocenters. The van der Waals surface area contributed by atoms with Crippen LogP contribution in [0.15, 0.2) is 0 Å². The predicted molar refractivity (Wildman–Crippen MR) is 42.5 cm³/mol. The van der Waals surface area contributed by atoms with Gasteiger partial charge in [0.05, 0.1) is 6.07 Å². The maximum absolute atomic E-state index is 8.32. The summed E-state index contributed by atoms with van der Waals surface area (Å²) >= 11 is 0. The maximum Gasteiger partial charge on any atom is 0.0657 e. The molecule has 0 atom stereocenters. The molecular weight excluding hydrogens is 124 g/mol. The smallest absolute Gasteiger partial charge is 0.0657 e. The predicted octanol–water partition coefficient (Wildman–Crippen LogP) is 1.53. The van der Waals surface area contributed by atoms with E-state index in [4.69, 9.17) is 5.26 Å². The monoisotopic (exact) mass is 140 g/mol. The molecule has 1 aliphatic carbocycles. The third-order valence-electron chi connectivity index (χ3n) is 1.73. The molecule has 0 aromatic heterocycles. The number of hydrogen-bond donors (Lipinski definition) is 1. The lowest BCUT2D eigenvalue weighted by molar-refractivity contribution is 0.290. The van der Waals surface area contributed by atoms with Crippen molar-refractivity contribution in [2.75, 3.05) is 7.05 Å². The molecule has 0 spiro atoms. The van der Waals surface area contributed by atoms with Crippen LogP contribution in [0.1, 0.15) is 26.7 Å². The second-order valence-corrected chi connectivity index (χ2v) is 2.28. The van der Waals surface area contributed by atoms with Crippen molar-refractivity contribution in [3.05, 3.63) is 0 Å². The molecular formula is C8H16N2. The van der Waals surface area contributed by atoms with Gasteiger partial charge in [0.1, 0.15) is 0 Å². The quantitative estimate of drug-likeness (QED) is 0.599. The molecule has 0 heterocycles. The summed E-state index contributed by atoms with van der Waals surface area (Å²) < 4.78 is 0. The number of nitrogens with one attached hydrogen (secondary N) is 1. The molecule has 10 heavy (non-hydrogen) atoms. The Hall–Kier alpha value is -0.550. The van der Waals surface area contributed by atoms with Gasteiger partial charge in [0.2, 0.25) is 0 Å². The Morgan fingerprint density at radius 2 is 1.90 bits per heavy atom. The Morgan fingerprint density at radius 1 is 1.40 bits per heavy atom. The first-order valence-corrected chi connectivity index (χ1v) is 3.93. The van der Waals surface area contributed by atoms with E-state index in [1.165, 1.54) is 0 Å². The summed E-state index contributed by atoms with van der Waals surface area (Å²) in [6.07, 6.45) is 2.10. The summed E-state index contributed by atoms with van der Waals surface area (Å²) in [6.45, 7) is 4.00. The Bertz CT molecular complexity index is 109. The van der Waals surface area contributed by atoms with Crippen LogP contribution in [0.25, 0.3) is 0 Å². The van der Waals surface area contributed by atoms with Crippen LogP contribution in [0.4, 0.5) is 0 Å². The van der Waals surface area contributed by atoms with Crippen molar-refractivity contribution in [1.29, 1.82) is 5.26 Å².